The largest absolute Gasteiger partial charge is 0.316 e. The Morgan fingerprint density at radius 3 is 2.45 bits per heavy atom. The highest BCUT2D eigenvalue weighted by Crippen LogP contribution is 2.32. The molecule has 0 aromatic carbocycles. The van der Waals surface area contributed by atoms with Gasteiger partial charge in [0.25, 0.3) is 0 Å². The molecule has 3 heteroatoms. The summed E-state index contributed by atoms with van der Waals surface area (Å²) in [4.78, 5) is 4.86. The molecule has 1 unspecified atom stereocenters. The minimum Gasteiger partial charge on any atom is -0.316 e. The molecule has 0 saturated heterocycles. The van der Waals surface area contributed by atoms with E-state index in [1.54, 1.807) is 0 Å². The summed E-state index contributed by atoms with van der Waals surface area (Å²) in [5.74, 6) is 1.76. The third-order valence-electron chi connectivity index (χ3n) is 4.72. The maximum absolute atomic E-state index is 4.86. The molecule has 1 aromatic heterocycles. The summed E-state index contributed by atoms with van der Waals surface area (Å²) in [6.45, 7) is 9.11. The van der Waals surface area contributed by atoms with E-state index in [9.17, 15) is 0 Å². The molecule has 2 rings (SSSR count). The lowest BCUT2D eigenvalue weighted by atomic mass is 9.78. The number of hydrogen-bond donors (Lipinski definition) is 1. The molecule has 0 radical (unpaired) electrons. The third kappa shape index (κ3) is 4.05. The lowest BCUT2D eigenvalue weighted by Crippen LogP contribution is -2.37. The van der Waals surface area contributed by atoms with E-state index in [-0.39, 0.29) is 5.41 Å². The van der Waals surface area contributed by atoms with Crippen molar-refractivity contribution in [3.05, 3.63) is 16.1 Å². The van der Waals surface area contributed by atoms with Crippen molar-refractivity contribution in [3.63, 3.8) is 0 Å². The van der Waals surface area contributed by atoms with Crippen LogP contribution in [-0.4, -0.2) is 18.1 Å². The van der Waals surface area contributed by atoms with Crippen molar-refractivity contribution in [2.75, 3.05) is 7.05 Å². The maximum atomic E-state index is 4.86. The Bertz CT molecular complexity index is 411. The SMILES string of the molecule is CNC(Cc1nc(C(C)(C)C)cs1)C1CCC(C)CC1. The molecule has 0 spiro atoms. The molecule has 0 aliphatic heterocycles. The van der Waals surface area contributed by atoms with Gasteiger partial charge < -0.3 is 5.32 Å². The Morgan fingerprint density at radius 1 is 1.30 bits per heavy atom. The molecule has 1 aliphatic rings. The molecule has 1 saturated carbocycles. The molecule has 1 atom stereocenters. The predicted molar refractivity (Wildman–Crippen MR) is 88.5 cm³/mol. The zero-order valence-corrected chi connectivity index (χ0v) is 14.5. The molecule has 1 fully saturated rings. The van der Waals surface area contributed by atoms with Gasteiger partial charge in [0, 0.05) is 23.3 Å². The van der Waals surface area contributed by atoms with Gasteiger partial charge in [-0.1, -0.05) is 40.5 Å². The van der Waals surface area contributed by atoms with E-state index in [2.05, 4.69) is 45.4 Å². The van der Waals surface area contributed by atoms with Crippen LogP contribution >= 0.6 is 11.3 Å². The highest BCUT2D eigenvalue weighted by Gasteiger charge is 2.26. The first-order chi connectivity index (χ1) is 9.40. The van der Waals surface area contributed by atoms with Crippen molar-refractivity contribution in [1.29, 1.82) is 0 Å². The molecule has 1 aromatic rings. The molecule has 20 heavy (non-hydrogen) atoms. The number of nitrogens with zero attached hydrogens (tertiary/aromatic N) is 1. The fourth-order valence-corrected chi connectivity index (χ4v) is 4.21. The monoisotopic (exact) mass is 294 g/mol. The Morgan fingerprint density at radius 2 is 1.95 bits per heavy atom. The minimum absolute atomic E-state index is 0.171. The summed E-state index contributed by atoms with van der Waals surface area (Å²) in [7, 11) is 2.11. The van der Waals surface area contributed by atoms with Gasteiger partial charge in [-0.2, -0.15) is 0 Å². The van der Waals surface area contributed by atoms with Crippen LogP contribution in [0, 0.1) is 11.8 Å². The molecule has 2 nitrogen and oxygen atoms in total. The summed E-state index contributed by atoms with van der Waals surface area (Å²) >= 11 is 1.83. The van der Waals surface area contributed by atoms with Crippen LogP contribution < -0.4 is 5.32 Å². The van der Waals surface area contributed by atoms with Gasteiger partial charge in [0.2, 0.25) is 0 Å². The van der Waals surface area contributed by atoms with E-state index in [0.29, 0.717) is 6.04 Å². The molecule has 0 amide bonds. The number of rotatable bonds is 4. The Labute approximate surface area is 128 Å². The lowest BCUT2D eigenvalue weighted by molar-refractivity contribution is 0.235. The van der Waals surface area contributed by atoms with Gasteiger partial charge in [0.15, 0.2) is 0 Å². The quantitative estimate of drug-likeness (QED) is 0.890. The zero-order chi connectivity index (χ0) is 14.8. The fraction of sp³-hybridized carbons (Fsp3) is 0.824. The van der Waals surface area contributed by atoms with E-state index >= 15 is 0 Å². The molecular weight excluding hydrogens is 264 g/mol. The number of nitrogens with one attached hydrogen (secondary N) is 1. The van der Waals surface area contributed by atoms with Crippen molar-refractivity contribution in [3.8, 4) is 0 Å². The van der Waals surface area contributed by atoms with E-state index in [0.717, 1.165) is 18.3 Å². The van der Waals surface area contributed by atoms with Crippen LogP contribution in [0.2, 0.25) is 0 Å². The van der Waals surface area contributed by atoms with Crippen LogP contribution in [0.3, 0.4) is 0 Å². The van der Waals surface area contributed by atoms with Gasteiger partial charge in [-0.25, -0.2) is 4.98 Å². The molecule has 1 heterocycles. The smallest absolute Gasteiger partial charge is 0.0944 e. The van der Waals surface area contributed by atoms with Crippen LogP contribution in [0.5, 0.6) is 0 Å². The first kappa shape index (κ1) is 16.0. The van der Waals surface area contributed by atoms with E-state index in [1.807, 2.05) is 11.3 Å². The third-order valence-corrected chi connectivity index (χ3v) is 5.59. The lowest BCUT2D eigenvalue weighted by Gasteiger charge is -2.32. The molecule has 114 valence electrons. The van der Waals surface area contributed by atoms with E-state index in [1.165, 1.54) is 36.4 Å². The van der Waals surface area contributed by atoms with Crippen LogP contribution in [0.15, 0.2) is 5.38 Å². The van der Waals surface area contributed by atoms with Crippen molar-refractivity contribution < 1.29 is 0 Å². The standard InChI is InChI=1S/C17H30N2S/c1-12-6-8-13(9-7-12)14(18-5)10-16-19-15(11-20-16)17(2,3)4/h11-14,18H,6-10H2,1-5H3. The summed E-state index contributed by atoms with van der Waals surface area (Å²) in [5, 5.41) is 7.09. The normalized spacial score (nSPS) is 25.6. The Kier molecular flexibility index (Phi) is 5.25. The second-order valence-electron chi connectivity index (χ2n) is 7.50. The second kappa shape index (κ2) is 6.57. The predicted octanol–water partition coefficient (Wildman–Crippen LogP) is 4.40. The number of thiazole rings is 1. The van der Waals surface area contributed by atoms with Crippen molar-refractivity contribution in [2.24, 2.45) is 11.8 Å². The topological polar surface area (TPSA) is 24.9 Å². The number of likely N-dealkylation sites (N-methyl/N-ethyl adjacent to an activating group) is 1. The molecule has 1 aliphatic carbocycles. The van der Waals surface area contributed by atoms with Crippen LogP contribution in [0.4, 0.5) is 0 Å². The summed E-state index contributed by atoms with van der Waals surface area (Å²) in [6.07, 6.45) is 6.65. The highest BCUT2D eigenvalue weighted by molar-refractivity contribution is 7.09. The van der Waals surface area contributed by atoms with Crippen molar-refractivity contribution >= 4 is 11.3 Å². The van der Waals surface area contributed by atoms with Crippen molar-refractivity contribution in [1.82, 2.24) is 10.3 Å². The van der Waals surface area contributed by atoms with Crippen molar-refractivity contribution in [2.45, 2.75) is 71.3 Å². The van der Waals surface area contributed by atoms with Gasteiger partial charge in [-0.15, -0.1) is 11.3 Å². The first-order valence-electron chi connectivity index (χ1n) is 8.02. The zero-order valence-electron chi connectivity index (χ0n) is 13.7. The Hall–Kier alpha value is -0.410. The number of hydrogen-bond acceptors (Lipinski definition) is 3. The highest BCUT2D eigenvalue weighted by atomic mass is 32.1. The van der Waals surface area contributed by atoms with Crippen LogP contribution in [0.1, 0.15) is 64.1 Å². The average molecular weight is 295 g/mol. The van der Waals surface area contributed by atoms with Crippen LogP contribution in [0.25, 0.3) is 0 Å². The molecular formula is C17H30N2S. The average Bonchev–Trinajstić information content (AvgIpc) is 2.85. The van der Waals surface area contributed by atoms with Gasteiger partial charge in [0.05, 0.1) is 10.7 Å². The van der Waals surface area contributed by atoms with Gasteiger partial charge in [0.1, 0.15) is 0 Å². The maximum Gasteiger partial charge on any atom is 0.0944 e. The van der Waals surface area contributed by atoms with Crippen LogP contribution in [-0.2, 0) is 11.8 Å². The first-order valence-corrected chi connectivity index (χ1v) is 8.90. The second-order valence-corrected chi connectivity index (χ2v) is 8.44. The van der Waals surface area contributed by atoms with Gasteiger partial charge in [-0.3, -0.25) is 0 Å². The fourth-order valence-electron chi connectivity index (χ4n) is 3.13. The summed E-state index contributed by atoms with van der Waals surface area (Å²) < 4.78 is 0. The molecule has 0 bridgehead atoms. The Balaban J connectivity index is 1.98. The van der Waals surface area contributed by atoms with E-state index < -0.39 is 0 Å². The summed E-state index contributed by atoms with van der Waals surface area (Å²) in [6, 6.07) is 0.599. The number of aromatic nitrogens is 1. The van der Waals surface area contributed by atoms with E-state index in [4.69, 9.17) is 4.98 Å². The summed E-state index contributed by atoms with van der Waals surface area (Å²) in [5.41, 5.74) is 1.41. The van der Waals surface area contributed by atoms with Gasteiger partial charge >= 0.3 is 0 Å². The van der Waals surface area contributed by atoms with Gasteiger partial charge in [-0.05, 0) is 31.7 Å². The molecule has 1 N–H and O–H groups in total. The minimum atomic E-state index is 0.171.